The van der Waals surface area contributed by atoms with Crippen LogP contribution in [0.15, 0.2) is 42.7 Å². The second kappa shape index (κ2) is 10.5. The van der Waals surface area contributed by atoms with Crippen molar-refractivity contribution in [3.63, 3.8) is 0 Å². The highest BCUT2D eigenvalue weighted by molar-refractivity contribution is 7.19. The number of aryl methyl sites for hydroxylation is 1. The van der Waals surface area contributed by atoms with Crippen molar-refractivity contribution in [3.8, 4) is 27.5 Å². The summed E-state index contributed by atoms with van der Waals surface area (Å²) in [5, 5.41) is 8.15. The van der Waals surface area contributed by atoms with Crippen LogP contribution < -0.4 is 5.32 Å². The number of hydrogen-bond acceptors (Lipinski definition) is 7. The van der Waals surface area contributed by atoms with Crippen LogP contribution in [0.2, 0.25) is 0 Å². The third-order valence-corrected chi connectivity index (χ3v) is 8.65. The number of benzene rings is 1. The quantitative estimate of drug-likeness (QED) is 0.389. The van der Waals surface area contributed by atoms with E-state index in [1.807, 2.05) is 12.1 Å². The maximum Gasteiger partial charge on any atom is 0.253 e. The fourth-order valence-electron chi connectivity index (χ4n) is 5.56. The molecule has 1 aliphatic heterocycles. The molecule has 11 heteroatoms. The van der Waals surface area contributed by atoms with Crippen molar-refractivity contribution in [3.05, 3.63) is 65.4 Å². The summed E-state index contributed by atoms with van der Waals surface area (Å²) in [4.78, 5) is 38.6. The zero-order valence-corrected chi connectivity index (χ0v) is 23.5. The molecule has 2 aliphatic rings. The van der Waals surface area contributed by atoms with E-state index in [2.05, 4.69) is 34.3 Å². The molecule has 40 heavy (non-hydrogen) atoms. The van der Waals surface area contributed by atoms with Gasteiger partial charge >= 0.3 is 0 Å². The summed E-state index contributed by atoms with van der Waals surface area (Å²) in [5.41, 5.74) is 4.70. The number of piperidine rings is 1. The predicted molar refractivity (Wildman–Crippen MR) is 152 cm³/mol. The van der Waals surface area contributed by atoms with Gasteiger partial charge in [0.25, 0.3) is 5.91 Å². The highest BCUT2D eigenvalue weighted by atomic mass is 32.1. The number of pyridine rings is 1. The van der Waals surface area contributed by atoms with E-state index < -0.39 is 5.82 Å². The lowest BCUT2D eigenvalue weighted by Crippen LogP contribution is -2.44. The second-order valence-electron chi connectivity index (χ2n) is 10.5. The van der Waals surface area contributed by atoms with E-state index in [0.717, 1.165) is 45.9 Å². The topological polar surface area (TPSA) is 96.2 Å². The Morgan fingerprint density at radius 1 is 1.15 bits per heavy atom. The van der Waals surface area contributed by atoms with Gasteiger partial charge in [-0.1, -0.05) is 11.3 Å². The molecule has 0 atom stereocenters. The molecule has 1 fully saturated rings. The minimum Gasteiger partial charge on any atom is -0.339 e. The average molecular weight is 560 g/mol. The van der Waals surface area contributed by atoms with Crippen molar-refractivity contribution < 1.29 is 14.0 Å². The number of aromatic nitrogens is 4. The minimum atomic E-state index is -0.532. The first-order valence-corrected chi connectivity index (χ1v) is 14.2. The summed E-state index contributed by atoms with van der Waals surface area (Å²) in [7, 11) is 4.11. The van der Waals surface area contributed by atoms with Crippen LogP contribution in [-0.4, -0.2) is 74.6 Å². The lowest BCUT2D eigenvalue weighted by atomic mass is 9.95. The highest BCUT2D eigenvalue weighted by Gasteiger charge is 2.31. The van der Waals surface area contributed by atoms with Crippen LogP contribution in [0.4, 0.5) is 9.52 Å². The van der Waals surface area contributed by atoms with Gasteiger partial charge in [-0.25, -0.2) is 14.1 Å². The van der Waals surface area contributed by atoms with Gasteiger partial charge < -0.3 is 15.1 Å². The first-order valence-electron chi connectivity index (χ1n) is 13.4. The van der Waals surface area contributed by atoms with E-state index in [4.69, 9.17) is 5.10 Å². The molecular weight excluding hydrogens is 529 g/mol. The van der Waals surface area contributed by atoms with Crippen LogP contribution in [0.3, 0.4) is 0 Å². The standard InChI is InChI=1S/C29H30FN7O2S/c1-17(38)32-29-33-23-8-7-21-25(19-5-4-12-31-16-19)34-37(26(21)27(23)40-29)24-9-6-18(15-22(24)30)28(39)36-13-10-20(11-14-36)35(2)3/h4-6,9,12,15-16,20H,7-8,10-11,13-14H2,1-3H3,(H,32,33,38). The highest BCUT2D eigenvalue weighted by Crippen LogP contribution is 2.44. The van der Waals surface area contributed by atoms with E-state index in [1.165, 1.54) is 24.3 Å². The van der Waals surface area contributed by atoms with Gasteiger partial charge in [0.2, 0.25) is 5.91 Å². The first kappa shape index (κ1) is 26.3. The molecule has 1 aromatic carbocycles. The number of likely N-dealkylation sites (tertiary alicyclic amines) is 1. The van der Waals surface area contributed by atoms with Crippen LogP contribution in [0.25, 0.3) is 27.5 Å². The van der Waals surface area contributed by atoms with Crippen LogP contribution >= 0.6 is 11.3 Å². The van der Waals surface area contributed by atoms with Crippen molar-refractivity contribution in [2.45, 2.75) is 38.6 Å². The molecule has 4 aromatic rings. The van der Waals surface area contributed by atoms with Gasteiger partial charge in [-0.3, -0.25) is 14.6 Å². The molecule has 0 saturated carbocycles. The van der Waals surface area contributed by atoms with Gasteiger partial charge in [-0.15, -0.1) is 0 Å². The summed E-state index contributed by atoms with van der Waals surface area (Å²) in [5.74, 6) is -0.894. The molecule has 0 radical (unpaired) electrons. The summed E-state index contributed by atoms with van der Waals surface area (Å²) in [6.07, 6.45) is 6.58. The minimum absolute atomic E-state index is 0.161. The monoisotopic (exact) mass is 559 g/mol. The Kier molecular flexibility index (Phi) is 6.93. The normalized spacial score (nSPS) is 15.2. The Balaban J connectivity index is 1.39. The van der Waals surface area contributed by atoms with Gasteiger partial charge in [-0.05, 0) is 70.1 Å². The number of anilines is 1. The SMILES string of the molecule is CC(=O)Nc1nc2c(s1)-c1c(c(-c3cccnc3)nn1-c1ccc(C(=O)N3CCC(N(C)C)CC3)cc1F)CC2. The molecule has 206 valence electrons. The second-order valence-corrected chi connectivity index (χ2v) is 11.5. The van der Waals surface area contributed by atoms with Crippen LogP contribution in [0, 0.1) is 5.82 Å². The smallest absolute Gasteiger partial charge is 0.253 e. The zero-order chi connectivity index (χ0) is 28.0. The molecule has 1 aliphatic carbocycles. The van der Waals surface area contributed by atoms with Gasteiger partial charge in [0.1, 0.15) is 11.5 Å². The average Bonchev–Trinajstić information content (AvgIpc) is 3.53. The van der Waals surface area contributed by atoms with E-state index >= 15 is 4.39 Å². The lowest BCUT2D eigenvalue weighted by molar-refractivity contribution is -0.114. The first-order chi connectivity index (χ1) is 19.3. The number of carbonyl (C=O) groups is 2. The predicted octanol–water partition coefficient (Wildman–Crippen LogP) is 4.42. The van der Waals surface area contributed by atoms with E-state index in [0.29, 0.717) is 42.7 Å². The van der Waals surface area contributed by atoms with E-state index in [1.54, 1.807) is 34.1 Å². The molecule has 3 aromatic heterocycles. The molecule has 4 heterocycles. The number of thiazole rings is 1. The van der Waals surface area contributed by atoms with Crippen molar-refractivity contribution in [2.75, 3.05) is 32.5 Å². The Morgan fingerprint density at radius 2 is 1.95 bits per heavy atom. The van der Waals surface area contributed by atoms with E-state index in [9.17, 15) is 9.59 Å². The molecule has 6 rings (SSSR count). The number of rotatable bonds is 5. The van der Waals surface area contributed by atoms with E-state index in [-0.39, 0.29) is 17.5 Å². The summed E-state index contributed by atoms with van der Waals surface area (Å²) in [6, 6.07) is 8.84. The molecular formula is C29H30FN7O2S. The summed E-state index contributed by atoms with van der Waals surface area (Å²) in [6.45, 7) is 2.74. The zero-order valence-electron chi connectivity index (χ0n) is 22.6. The lowest BCUT2D eigenvalue weighted by Gasteiger charge is -2.35. The third-order valence-electron chi connectivity index (χ3n) is 7.63. The Morgan fingerprint density at radius 3 is 2.62 bits per heavy atom. The molecule has 0 bridgehead atoms. The van der Waals surface area contributed by atoms with Crippen LogP contribution in [-0.2, 0) is 17.6 Å². The molecule has 0 spiro atoms. The summed E-state index contributed by atoms with van der Waals surface area (Å²) >= 11 is 1.35. The molecule has 2 amide bonds. The maximum absolute atomic E-state index is 15.8. The fraction of sp³-hybridized carbons (Fsp3) is 0.345. The third kappa shape index (κ3) is 4.79. The summed E-state index contributed by atoms with van der Waals surface area (Å²) < 4.78 is 17.5. The van der Waals surface area contributed by atoms with Crippen molar-refractivity contribution in [2.24, 2.45) is 0 Å². The Hall–Kier alpha value is -3.96. The van der Waals surface area contributed by atoms with Gasteiger partial charge in [0, 0.05) is 55.1 Å². The number of nitrogens with one attached hydrogen (secondary N) is 1. The molecule has 1 saturated heterocycles. The largest absolute Gasteiger partial charge is 0.339 e. The van der Waals surface area contributed by atoms with Crippen molar-refractivity contribution in [1.29, 1.82) is 0 Å². The maximum atomic E-state index is 15.8. The van der Waals surface area contributed by atoms with Gasteiger partial charge in [0.15, 0.2) is 5.13 Å². The molecule has 1 N–H and O–H groups in total. The number of nitrogens with zero attached hydrogens (tertiary/aromatic N) is 6. The number of fused-ring (bicyclic) bond motifs is 3. The number of carbonyl (C=O) groups excluding carboxylic acids is 2. The number of halogens is 1. The molecule has 0 unspecified atom stereocenters. The van der Waals surface area contributed by atoms with Crippen LogP contribution in [0.1, 0.15) is 41.4 Å². The Labute approximate surface area is 235 Å². The van der Waals surface area contributed by atoms with Crippen molar-refractivity contribution >= 4 is 28.3 Å². The van der Waals surface area contributed by atoms with Crippen LogP contribution in [0.5, 0.6) is 0 Å². The Bertz CT molecular complexity index is 1590. The number of amides is 2. The van der Waals surface area contributed by atoms with Crippen molar-refractivity contribution in [1.82, 2.24) is 29.5 Å². The number of hydrogen-bond donors (Lipinski definition) is 1. The fourth-order valence-corrected chi connectivity index (χ4v) is 6.68. The molecule has 9 nitrogen and oxygen atoms in total. The van der Waals surface area contributed by atoms with Gasteiger partial charge in [0.05, 0.1) is 22.0 Å². The van der Waals surface area contributed by atoms with Gasteiger partial charge in [-0.2, -0.15) is 5.10 Å².